The third-order valence-corrected chi connectivity index (χ3v) is 2.47. The average molecular weight is 286 g/mol. The van der Waals surface area contributed by atoms with E-state index in [-0.39, 0.29) is 6.04 Å². The first-order valence-corrected chi connectivity index (χ1v) is 6.24. The maximum absolute atomic E-state index is 5.86. The number of nitrogens with one attached hydrogen (secondary N) is 2. The average Bonchev–Trinajstić information content (AvgIpc) is 2.29. The fourth-order valence-corrected chi connectivity index (χ4v) is 1.75. The van der Waals surface area contributed by atoms with Crippen LogP contribution in [0, 0.1) is 0 Å². The van der Waals surface area contributed by atoms with Gasteiger partial charge >= 0.3 is 0 Å². The molecule has 98 valence electrons. The molecule has 6 heteroatoms. The van der Waals surface area contributed by atoms with E-state index < -0.39 is 0 Å². The molecular formula is C12H16ClN3OS. The van der Waals surface area contributed by atoms with E-state index in [1.54, 1.807) is 13.3 Å². The summed E-state index contributed by atoms with van der Waals surface area (Å²) < 4.78 is 4.99. The highest BCUT2D eigenvalue weighted by atomic mass is 35.5. The lowest BCUT2D eigenvalue weighted by Gasteiger charge is -2.13. The van der Waals surface area contributed by atoms with Crippen molar-refractivity contribution in [3.05, 3.63) is 34.9 Å². The number of benzene rings is 1. The molecule has 0 unspecified atom stereocenters. The Morgan fingerprint density at radius 1 is 1.61 bits per heavy atom. The van der Waals surface area contributed by atoms with Crippen molar-refractivity contribution in [2.75, 3.05) is 13.7 Å². The summed E-state index contributed by atoms with van der Waals surface area (Å²) in [5.41, 5.74) is 3.64. The summed E-state index contributed by atoms with van der Waals surface area (Å²) in [5.74, 6) is 0. The fourth-order valence-electron chi connectivity index (χ4n) is 1.30. The van der Waals surface area contributed by atoms with Gasteiger partial charge in [0.05, 0.1) is 12.8 Å². The van der Waals surface area contributed by atoms with Gasteiger partial charge in [0.1, 0.15) is 0 Å². The second-order valence-electron chi connectivity index (χ2n) is 3.75. The minimum atomic E-state index is 0.136. The summed E-state index contributed by atoms with van der Waals surface area (Å²) in [7, 11) is 1.64. The van der Waals surface area contributed by atoms with Gasteiger partial charge in [-0.1, -0.05) is 23.7 Å². The van der Waals surface area contributed by atoms with Gasteiger partial charge < -0.3 is 10.1 Å². The molecule has 1 aromatic rings. The standard InChI is InChI=1S/C12H16ClN3OS/c1-9(8-17-2)15-12(18)16-14-7-10-4-3-5-11(13)6-10/h3-7,9H,8H2,1-2H3,(H2,15,16,18)/b14-7-/t9-/m0/s1. The number of halogens is 1. The Morgan fingerprint density at radius 3 is 3.06 bits per heavy atom. The van der Waals surface area contributed by atoms with Crippen molar-refractivity contribution in [1.82, 2.24) is 10.7 Å². The van der Waals surface area contributed by atoms with Crippen molar-refractivity contribution in [3.8, 4) is 0 Å². The summed E-state index contributed by atoms with van der Waals surface area (Å²) in [6.45, 7) is 2.55. The van der Waals surface area contributed by atoms with Crippen molar-refractivity contribution in [3.63, 3.8) is 0 Å². The van der Waals surface area contributed by atoms with E-state index in [0.29, 0.717) is 16.7 Å². The van der Waals surface area contributed by atoms with Gasteiger partial charge in [0, 0.05) is 18.2 Å². The normalized spacial score (nSPS) is 12.4. The van der Waals surface area contributed by atoms with Gasteiger partial charge in [-0.05, 0) is 36.8 Å². The van der Waals surface area contributed by atoms with Gasteiger partial charge in [0.15, 0.2) is 5.11 Å². The first-order chi connectivity index (χ1) is 8.61. The minimum absolute atomic E-state index is 0.136. The number of thiocarbonyl (C=S) groups is 1. The summed E-state index contributed by atoms with van der Waals surface area (Å²) in [6, 6.07) is 7.53. The van der Waals surface area contributed by atoms with Gasteiger partial charge in [-0.3, -0.25) is 5.43 Å². The van der Waals surface area contributed by atoms with E-state index in [4.69, 9.17) is 28.6 Å². The minimum Gasteiger partial charge on any atom is -0.383 e. The first kappa shape index (κ1) is 14.9. The highest BCUT2D eigenvalue weighted by Gasteiger charge is 2.01. The monoisotopic (exact) mass is 285 g/mol. The van der Waals surface area contributed by atoms with Crippen molar-refractivity contribution in [2.45, 2.75) is 13.0 Å². The summed E-state index contributed by atoms with van der Waals surface area (Å²) >= 11 is 10.9. The van der Waals surface area contributed by atoms with Crippen LogP contribution in [0.5, 0.6) is 0 Å². The lowest BCUT2D eigenvalue weighted by molar-refractivity contribution is 0.179. The van der Waals surface area contributed by atoms with Gasteiger partial charge in [0.2, 0.25) is 0 Å². The molecule has 18 heavy (non-hydrogen) atoms. The Morgan fingerprint density at radius 2 is 2.39 bits per heavy atom. The van der Waals surface area contributed by atoms with Crippen molar-refractivity contribution >= 4 is 35.1 Å². The lowest BCUT2D eigenvalue weighted by Crippen LogP contribution is -2.40. The first-order valence-electron chi connectivity index (χ1n) is 5.46. The zero-order valence-corrected chi connectivity index (χ0v) is 11.9. The topological polar surface area (TPSA) is 45.6 Å². The van der Waals surface area contributed by atoms with Crippen LogP contribution >= 0.6 is 23.8 Å². The molecule has 0 heterocycles. The molecule has 1 atom stereocenters. The van der Waals surface area contributed by atoms with Gasteiger partial charge in [0.25, 0.3) is 0 Å². The Kier molecular flexibility index (Phi) is 6.64. The molecule has 1 aromatic carbocycles. The summed E-state index contributed by atoms with van der Waals surface area (Å²) in [4.78, 5) is 0. The maximum atomic E-state index is 5.86. The summed E-state index contributed by atoms with van der Waals surface area (Å²) in [5, 5.41) is 8.18. The van der Waals surface area contributed by atoms with Gasteiger partial charge in [-0.2, -0.15) is 5.10 Å². The highest BCUT2D eigenvalue weighted by molar-refractivity contribution is 7.80. The molecule has 0 aliphatic carbocycles. The molecule has 0 radical (unpaired) electrons. The van der Waals surface area contributed by atoms with Crippen LogP contribution in [-0.2, 0) is 4.74 Å². The number of methoxy groups -OCH3 is 1. The Balaban J connectivity index is 2.38. The molecule has 0 aliphatic heterocycles. The quantitative estimate of drug-likeness (QED) is 0.494. The van der Waals surface area contributed by atoms with Crippen LogP contribution in [0.3, 0.4) is 0 Å². The molecule has 0 saturated heterocycles. The van der Waals surface area contributed by atoms with Crippen molar-refractivity contribution in [1.29, 1.82) is 0 Å². The number of ether oxygens (including phenoxy) is 1. The predicted molar refractivity (Wildman–Crippen MR) is 79.3 cm³/mol. The SMILES string of the molecule is COC[C@H](C)NC(=S)N/N=C\c1cccc(Cl)c1. The number of nitrogens with zero attached hydrogens (tertiary/aromatic N) is 1. The Hall–Kier alpha value is -1.17. The van der Waals surface area contributed by atoms with Crippen LogP contribution in [-0.4, -0.2) is 31.1 Å². The van der Waals surface area contributed by atoms with E-state index in [1.807, 2.05) is 31.2 Å². The lowest BCUT2D eigenvalue weighted by atomic mass is 10.2. The van der Waals surface area contributed by atoms with Gasteiger partial charge in [-0.15, -0.1) is 0 Å². The van der Waals surface area contributed by atoms with Crippen LogP contribution in [0.15, 0.2) is 29.4 Å². The summed E-state index contributed by atoms with van der Waals surface area (Å²) in [6.07, 6.45) is 1.65. The van der Waals surface area contributed by atoms with E-state index >= 15 is 0 Å². The zero-order chi connectivity index (χ0) is 13.4. The fraction of sp³-hybridized carbons (Fsp3) is 0.333. The zero-order valence-electron chi connectivity index (χ0n) is 10.3. The van der Waals surface area contributed by atoms with Crippen molar-refractivity contribution in [2.24, 2.45) is 5.10 Å². The van der Waals surface area contributed by atoms with E-state index in [0.717, 1.165) is 5.56 Å². The van der Waals surface area contributed by atoms with Crippen LogP contribution < -0.4 is 10.7 Å². The molecule has 0 aromatic heterocycles. The molecule has 4 nitrogen and oxygen atoms in total. The van der Waals surface area contributed by atoms with Crippen LogP contribution in [0.1, 0.15) is 12.5 Å². The number of hydrogen-bond donors (Lipinski definition) is 2. The van der Waals surface area contributed by atoms with Crippen LogP contribution in [0.25, 0.3) is 0 Å². The molecular weight excluding hydrogens is 270 g/mol. The molecule has 2 N–H and O–H groups in total. The molecule has 0 bridgehead atoms. The molecule has 1 rings (SSSR count). The Labute approximate surface area is 117 Å². The molecule has 0 fully saturated rings. The molecule has 0 spiro atoms. The second kappa shape index (κ2) is 8.02. The molecule has 0 amide bonds. The number of hydrazone groups is 1. The second-order valence-corrected chi connectivity index (χ2v) is 4.60. The third-order valence-electron chi connectivity index (χ3n) is 2.02. The van der Waals surface area contributed by atoms with Gasteiger partial charge in [-0.25, -0.2) is 0 Å². The predicted octanol–water partition coefficient (Wildman–Crippen LogP) is 2.17. The van der Waals surface area contributed by atoms with Crippen LogP contribution in [0.2, 0.25) is 5.02 Å². The van der Waals surface area contributed by atoms with Crippen LogP contribution in [0.4, 0.5) is 0 Å². The molecule has 0 aliphatic rings. The van der Waals surface area contributed by atoms with E-state index in [1.165, 1.54) is 0 Å². The largest absolute Gasteiger partial charge is 0.383 e. The number of hydrogen-bond acceptors (Lipinski definition) is 3. The smallest absolute Gasteiger partial charge is 0.187 e. The van der Waals surface area contributed by atoms with E-state index in [2.05, 4.69) is 15.8 Å². The van der Waals surface area contributed by atoms with Crippen molar-refractivity contribution < 1.29 is 4.74 Å². The number of rotatable bonds is 5. The highest BCUT2D eigenvalue weighted by Crippen LogP contribution is 2.08. The Bertz CT molecular complexity index is 426. The third kappa shape index (κ3) is 5.95. The van der Waals surface area contributed by atoms with E-state index in [9.17, 15) is 0 Å². The molecule has 0 saturated carbocycles. The maximum Gasteiger partial charge on any atom is 0.187 e.